The quantitative estimate of drug-likeness (QED) is 0.795. The second-order valence-corrected chi connectivity index (χ2v) is 4.23. The third kappa shape index (κ3) is 5.81. The molecule has 2 amide bonds. The molecule has 2 N–H and O–H groups in total. The number of nitrogens with one attached hydrogen (secondary N) is 2. The van der Waals surface area contributed by atoms with Crippen molar-refractivity contribution in [2.24, 2.45) is 0 Å². The molecular formula is C14H19N3O2. The highest BCUT2D eigenvalue weighted by Crippen LogP contribution is 2.12. The van der Waals surface area contributed by atoms with Crippen LogP contribution in [0, 0.1) is 6.92 Å². The maximum atomic E-state index is 10.9. The average molecular weight is 261 g/mol. The molecule has 1 aromatic heterocycles. The summed E-state index contributed by atoms with van der Waals surface area (Å²) in [5.41, 5.74) is 1.85. The topological polar surface area (TPSA) is 71.1 Å². The van der Waals surface area contributed by atoms with Gasteiger partial charge in [-0.1, -0.05) is 12.2 Å². The monoisotopic (exact) mass is 261 g/mol. The number of rotatable bonds is 5. The summed E-state index contributed by atoms with van der Waals surface area (Å²) < 4.78 is 0. The molecule has 0 saturated heterocycles. The second-order valence-electron chi connectivity index (χ2n) is 4.23. The van der Waals surface area contributed by atoms with Crippen molar-refractivity contribution < 1.29 is 9.59 Å². The number of hydrogen-bond acceptors (Lipinski definition) is 3. The van der Waals surface area contributed by atoms with Crippen molar-refractivity contribution in [2.75, 3.05) is 11.9 Å². The Balaban J connectivity index is 2.57. The first kappa shape index (κ1) is 14.9. The first-order valence-corrected chi connectivity index (χ1v) is 6.15. The predicted octanol–water partition coefficient (Wildman–Crippen LogP) is 1.89. The molecule has 0 bridgehead atoms. The lowest BCUT2D eigenvalue weighted by Crippen LogP contribution is -2.20. The van der Waals surface area contributed by atoms with Gasteiger partial charge in [0.1, 0.15) is 5.82 Å². The fourth-order valence-corrected chi connectivity index (χ4v) is 1.54. The van der Waals surface area contributed by atoms with Crippen LogP contribution in [0.15, 0.2) is 18.2 Å². The largest absolute Gasteiger partial charge is 0.356 e. The Kier molecular flexibility index (Phi) is 5.73. The molecule has 1 rings (SSSR count). The minimum Gasteiger partial charge on any atom is -0.356 e. The molecule has 0 aliphatic heterocycles. The van der Waals surface area contributed by atoms with Crippen molar-refractivity contribution in [2.45, 2.75) is 27.2 Å². The maximum absolute atomic E-state index is 10.9. The smallest absolute Gasteiger partial charge is 0.222 e. The normalized spacial score (nSPS) is 10.5. The molecule has 0 aromatic carbocycles. The number of nitrogens with zero attached hydrogens (tertiary/aromatic N) is 1. The van der Waals surface area contributed by atoms with Crippen molar-refractivity contribution in [1.82, 2.24) is 10.3 Å². The van der Waals surface area contributed by atoms with E-state index in [1.165, 1.54) is 13.8 Å². The fourth-order valence-electron chi connectivity index (χ4n) is 1.54. The zero-order chi connectivity index (χ0) is 14.3. The first-order chi connectivity index (χ1) is 8.99. The molecule has 0 radical (unpaired) electrons. The van der Waals surface area contributed by atoms with Crippen LogP contribution in [-0.2, 0) is 9.59 Å². The molecule has 5 nitrogen and oxygen atoms in total. The van der Waals surface area contributed by atoms with Crippen LogP contribution in [0.2, 0.25) is 0 Å². The van der Waals surface area contributed by atoms with Gasteiger partial charge in [0.05, 0.1) is 0 Å². The van der Waals surface area contributed by atoms with E-state index in [-0.39, 0.29) is 11.8 Å². The lowest BCUT2D eigenvalue weighted by molar-refractivity contribution is -0.119. The Morgan fingerprint density at radius 2 is 2.00 bits per heavy atom. The van der Waals surface area contributed by atoms with Gasteiger partial charge in [0, 0.05) is 26.1 Å². The molecule has 0 aliphatic rings. The lowest BCUT2D eigenvalue weighted by Gasteiger charge is -2.04. The molecule has 0 fully saturated rings. The number of aromatic nitrogens is 1. The molecule has 0 spiro atoms. The zero-order valence-electron chi connectivity index (χ0n) is 11.5. The summed E-state index contributed by atoms with van der Waals surface area (Å²) in [4.78, 5) is 25.9. The summed E-state index contributed by atoms with van der Waals surface area (Å²) >= 11 is 0. The van der Waals surface area contributed by atoms with Crippen molar-refractivity contribution in [3.05, 3.63) is 29.5 Å². The van der Waals surface area contributed by atoms with Crippen LogP contribution in [0.1, 0.15) is 31.5 Å². The van der Waals surface area contributed by atoms with Gasteiger partial charge in [-0.15, -0.1) is 0 Å². The van der Waals surface area contributed by atoms with E-state index < -0.39 is 0 Å². The van der Waals surface area contributed by atoms with Crippen molar-refractivity contribution in [3.8, 4) is 0 Å². The van der Waals surface area contributed by atoms with E-state index in [2.05, 4.69) is 15.6 Å². The molecule has 1 aromatic rings. The number of anilines is 1. The van der Waals surface area contributed by atoms with Gasteiger partial charge in [-0.2, -0.15) is 0 Å². The number of carbonyl (C=O) groups is 2. The highest BCUT2D eigenvalue weighted by molar-refractivity contribution is 5.87. The van der Waals surface area contributed by atoms with Crippen molar-refractivity contribution in [1.29, 1.82) is 0 Å². The Bertz CT molecular complexity index is 495. The summed E-state index contributed by atoms with van der Waals surface area (Å²) in [6.45, 7) is 5.46. The van der Waals surface area contributed by atoms with Crippen LogP contribution in [0.4, 0.5) is 5.82 Å². The molecule has 19 heavy (non-hydrogen) atoms. The first-order valence-electron chi connectivity index (χ1n) is 6.15. The van der Waals surface area contributed by atoms with Crippen LogP contribution in [0.3, 0.4) is 0 Å². The van der Waals surface area contributed by atoms with Crippen molar-refractivity contribution in [3.63, 3.8) is 0 Å². The molecule has 5 heteroatoms. The highest BCUT2D eigenvalue weighted by atomic mass is 16.2. The fraction of sp³-hybridized carbons (Fsp3) is 0.357. The van der Waals surface area contributed by atoms with Gasteiger partial charge in [0.25, 0.3) is 0 Å². The summed E-state index contributed by atoms with van der Waals surface area (Å²) in [6, 6.07) is 3.67. The van der Waals surface area contributed by atoms with Gasteiger partial charge >= 0.3 is 0 Å². The van der Waals surface area contributed by atoms with E-state index in [0.717, 1.165) is 17.7 Å². The van der Waals surface area contributed by atoms with E-state index in [9.17, 15) is 9.59 Å². The third-order valence-corrected chi connectivity index (χ3v) is 2.41. The van der Waals surface area contributed by atoms with Gasteiger partial charge in [0.15, 0.2) is 0 Å². The molecule has 102 valence electrons. The predicted molar refractivity (Wildman–Crippen MR) is 75.6 cm³/mol. The Labute approximate surface area is 113 Å². The Hall–Kier alpha value is -2.17. The average Bonchev–Trinajstić information content (AvgIpc) is 2.30. The molecular weight excluding hydrogens is 242 g/mol. The third-order valence-electron chi connectivity index (χ3n) is 2.41. The Morgan fingerprint density at radius 3 is 2.58 bits per heavy atom. The zero-order valence-corrected chi connectivity index (χ0v) is 11.5. The number of amides is 2. The van der Waals surface area contributed by atoms with Gasteiger partial charge < -0.3 is 10.6 Å². The van der Waals surface area contributed by atoms with E-state index in [0.29, 0.717) is 12.4 Å². The van der Waals surface area contributed by atoms with Crippen LogP contribution >= 0.6 is 0 Å². The molecule has 0 saturated carbocycles. The van der Waals surface area contributed by atoms with Gasteiger partial charge in [-0.25, -0.2) is 4.98 Å². The lowest BCUT2D eigenvalue weighted by atomic mass is 10.2. The summed E-state index contributed by atoms with van der Waals surface area (Å²) in [6.07, 6.45) is 4.71. The summed E-state index contributed by atoms with van der Waals surface area (Å²) in [5.74, 6) is 0.400. The number of hydrogen-bond donors (Lipinski definition) is 2. The van der Waals surface area contributed by atoms with E-state index in [1.54, 1.807) is 6.07 Å². The van der Waals surface area contributed by atoms with Crippen LogP contribution in [-0.4, -0.2) is 23.3 Å². The number of carbonyl (C=O) groups excluding carboxylic acids is 2. The van der Waals surface area contributed by atoms with E-state index in [4.69, 9.17) is 0 Å². The van der Waals surface area contributed by atoms with Crippen molar-refractivity contribution >= 4 is 23.7 Å². The maximum Gasteiger partial charge on any atom is 0.222 e. The van der Waals surface area contributed by atoms with Crippen LogP contribution in [0.25, 0.3) is 6.08 Å². The summed E-state index contributed by atoms with van der Waals surface area (Å²) in [7, 11) is 0. The minimum atomic E-state index is -0.134. The molecule has 0 unspecified atom stereocenters. The molecule has 0 atom stereocenters. The highest BCUT2D eigenvalue weighted by Gasteiger charge is 2.00. The van der Waals surface area contributed by atoms with E-state index in [1.807, 2.05) is 25.1 Å². The number of pyridine rings is 1. The van der Waals surface area contributed by atoms with Gasteiger partial charge in [-0.05, 0) is 31.0 Å². The molecule has 1 heterocycles. The minimum absolute atomic E-state index is 0.0223. The molecule has 0 aliphatic carbocycles. The second kappa shape index (κ2) is 7.31. The number of aryl methyl sites for hydroxylation is 1. The standard InChI is InChI=1S/C14H19N3O2/c1-10-13(6-4-5-9-15-11(2)18)7-8-14(16-10)17-12(3)19/h4,6-8H,5,9H2,1-3H3,(H,15,18)(H,16,17,19). The van der Waals surface area contributed by atoms with E-state index >= 15 is 0 Å². The summed E-state index contributed by atoms with van der Waals surface area (Å²) in [5, 5.41) is 5.36. The van der Waals surface area contributed by atoms with Gasteiger partial charge in [0.2, 0.25) is 11.8 Å². The van der Waals surface area contributed by atoms with Crippen LogP contribution < -0.4 is 10.6 Å². The SMILES string of the molecule is CC(=O)NCCC=Cc1ccc(NC(C)=O)nc1C. The Morgan fingerprint density at radius 1 is 1.26 bits per heavy atom. The van der Waals surface area contributed by atoms with Crippen LogP contribution in [0.5, 0.6) is 0 Å². The van der Waals surface area contributed by atoms with Gasteiger partial charge in [-0.3, -0.25) is 9.59 Å².